The zero-order valence-corrected chi connectivity index (χ0v) is 10.5. The van der Waals surface area contributed by atoms with E-state index in [1.165, 1.54) is 0 Å². The fourth-order valence-electron chi connectivity index (χ4n) is 1.98. The second kappa shape index (κ2) is 5.04. The Labute approximate surface area is 114 Å². The number of carbonyl (C=O) groups is 1. The van der Waals surface area contributed by atoms with Crippen LogP contribution in [-0.4, -0.2) is 30.9 Å². The van der Waals surface area contributed by atoms with Gasteiger partial charge in [-0.15, -0.1) is 10.2 Å². The molecule has 0 bridgehead atoms. The van der Waals surface area contributed by atoms with Gasteiger partial charge in [-0.25, -0.2) is 4.57 Å². The van der Waals surface area contributed by atoms with E-state index in [9.17, 15) is 4.79 Å². The third kappa shape index (κ3) is 2.33. The van der Waals surface area contributed by atoms with Crippen LogP contribution >= 0.6 is 0 Å². The Morgan fingerprint density at radius 2 is 2.10 bits per heavy atom. The summed E-state index contributed by atoms with van der Waals surface area (Å²) in [7, 11) is 0. The largest absolute Gasteiger partial charge is 0.481 e. The third-order valence-corrected chi connectivity index (χ3v) is 2.99. The normalized spacial score (nSPS) is 10.8. The molecule has 7 heteroatoms. The zero-order valence-electron chi connectivity index (χ0n) is 10.5. The summed E-state index contributed by atoms with van der Waals surface area (Å²) in [6.45, 7) is 0.451. The molecule has 0 amide bonds. The summed E-state index contributed by atoms with van der Waals surface area (Å²) in [5, 5.41) is 20.7. The average molecular weight is 270 g/mol. The lowest BCUT2D eigenvalue weighted by Crippen LogP contribution is -2.33. The minimum Gasteiger partial charge on any atom is -0.481 e. The maximum atomic E-state index is 10.5. The van der Waals surface area contributed by atoms with Crippen molar-refractivity contribution in [2.45, 2.75) is 13.0 Å². The zero-order chi connectivity index (χ0) is 13.9. The van der Waals surface area contributed by atoms with E-state index < -0.39 is 5.97 Å². The fraction of sp³-hybridized carbons (Fsp3) is 0.154. The first-order valence-electron chi connectivity index (χ1n) is 6.10. The van der Waals surface area contributed by atoms with Gasteiger partial charge < -0.3 is 5.11 Å². The number of fused-ring (bicyclic) bond motifs is 1. The van der Waals surface area contributed by atoms with E-state index in [1.54, 1.807) is 17.0 Å². The van der Waals surface area contributed by atoms with E-state index in [0.717, 1.165) is 11.1 Å². The van der Waals surface area contributed by atoms with Crippen LogP contribution in [0.1, 0.15) is 6.42 Å². The molecule has 20 heavy (non-hydrogen) atoms. The van der Waals surface area contributed by atoms with Gasteiger partial charge in [0.15, 0.2) is 24.6 Å². The van der Waals surface area contributed by atoms with Crippen molar-refractivity contribution in [1.82, 2.24) is 19.8 Å². The number of carboxylic acid groups (broad SMARTS) is 1. The summed E-state index contributed by atoms with van der Waals surface area (Å²) in [4.78, 5) is 10.5. The van der Waals surface area contributed by atoms with Gasteiger partial charge >= 0.3 is 5.97 Å². The summed E-state index contributed by atoms with van der Waals surface area (Å²) in [5.74, 6) is -0.805. The highest BCUT2D eigenvalue weighted by Gasteiger charge is 2.09. The van der Waals surface area contributed by atoms with E-state index in [4.69, 9.17) is 5.11 Å². The number of aliphatic carboxylic acids is 1. The summed E-state index contributed by atoms with van der Waals surface area (Å²) >= 11 is 0. The van der Waals surface area contributed by atoms with Crippen molar-refractivity contribution in [3.05, 3.63) is 43.1 Å². The molecule has 1 N–H and O–H groups in total. The Hall–Kier alpha value is -2.83. The summed E-state index contributed by atoms with van der Waals surface area (Å²) in [6, 6.07) is 5.72. The topological polar surface area (TPSA) is 84.3 Å². The van der Waals surface area contributed by atoms with Gasteiger partial charge in [0.1, 0.15) is 12.7 Å². The first-order valence-corrected chi connectivity index (χ1v) is 6.10. The van der Waals surface area contributed by atoms with Crippen LogP contribution in [0, 0.1) is 0 Å². The van der Waals surface area contributed by atoms with Crippen molar-refractivity contribution in [2.24, 2.45) is 0 Å². The molecular weight excluding hydrogens is 258 g/mol. The van der Waals surface area contributed by atoms with Crippen molar-refractivity contribution in [2.75, 3.05) is 0 Å². The number of hydrogen-bond donors (Lipinski definition) is 1. The van der Waals surface area contributed by atoms with Crippen molar-refractivity contribution >= 4 is 11.6 Å². The molecule has 0 aliphatic heterocycles. The molecule has 0 atom stereocenters. The molecule has 0 aliphatic rings. The van der Waals surface area contributed by atoms with Crippen LogP contribution < -0.4 is 4.57 Å². The molecule has 3 aromatic rings. The van der Waals surface area contributed by atoms with Crippen LogP contribution in [0.4, 0.5) is 0 Å². The molecule has 100 valence electrons. The van der Waals surface area contributed by atoms with E-state index >= 15 is 0 Å². The van der Waals surface area contributed by atoms with Gasteiger partial charge in [0.05, 0.1) is 0 Å². The van der Waals surface area contributed by atoms with Gasteiger partial charge in [0, 0.05) is 23.9 Å². The highest BCUT2D eigenvalue weighted by Crippen LogP contribution is 2.20. The standard InChI is InChI=1S/C13H11N5O2/c19-12(20)4-8-17-6-2-10(3-7-17)11-1-5-15-18-9-14-16-13(11)18/h1-3,5-7,9H,4,8H2/p+1. The highest BCUT2D eigenvalue weighted by atomic mass is 16.4. The summed E-state index contributed by atoms with van der Waals surface area (Å²) in [6.07, 6.45) is 7.05. The molecule has 7 nitrogen and oxygen atoms in total. The number of aromatic nitrogens is 5. The Bertz CT molecular complexity index is 751. The number of pyridine rings is 1. The SMILES string of the molecule is O=C(O)CC[n+]1ccc(-c2ccnn3cnnc23)cc1. The minimum absolute atomic E-state index is 0.105. The predicted molar refractivity (Wildman–Crippen MR) is 68.7 cm³/mol. The highest BCUT2D eigenvalue weighted by molar-refractivity contribution is 5.75. The monoisotopic (exact) mass is 270 g/mol. The lowest BCUT2D eigenvalue weighted by atomic mass is 10.1. The van der Waals surface area contributed by atoms with Gasteiger partial charge in [-0.1, -0.05) is 0 Å². The molecule has 0 aromatic carbocycles. The van der Waals surface area contributed by atoms with Crippen molar-refractivity contribution in [3.8, 4) is 11.1 Å². The maximum Gasteiger partial charge on any atom is 0.309 e. The number of aryl methyl sites for hydroxylation is 1. The molecular formula is C13H12N5O2+. The number of nitrogens with zero attached hydrogens (tertiary/aromatic N) is 5. The lowest BCUT2D eigenvalue weighted by Gasteiger charge is -2.01. The van der Waals surface area contributed by atoms with Crippen LogP contribution in [-0.2, 0) is 11.3 Å². The van der Waals surface area contributed by atoms with Crippen molar-refractivity contribution in [3.63, 3.8) is 0 Å². The molecule has 0 fully saturated rings. The first-order chi connectivity index (χ1) is 9.74. The Kier molecular flexibility index (Phi) is 3.08. The lowest BCUT2D eigenvalue weighted by molar-refractivity contribution is -0.695. The van der Waals surface area contributed by atoms with Crippen LogP contribution in [0.5, 0.6) is 0 Å². The molecule has 0 aliphatic carbocycles. The summed E-state index contributed by atoms with van der Waals surface area (Å²) in [5.41, 5.74) is 2.61. The Morgan fingerprint density at radius 3 is 2.85 bits per heavy atom. The van der Waals surface area contributed by atoms with E-state index in [0.29, 0.717) is 12.2 Å². The van der Waals surface area contributed by atoms with Crippen LogP contribution in [0.3, 0.4) is 0 Å². The van der Waals surface area contributed by atoms with Crippen LogP contribution in [0.2, 0.25) is 0 Å². The third-order valence-electron chi connectivity index (χ3n) is 2.99. The second-order valence-electron chi connectivity index (χ2n) is 4.31. The number of carboxylic acids is 1. The molecule has 0 unspecified atom stereocenters. The smallest absolute Gasteiger partial charge is 0.309 e. The minimum atomic E-state index is -0.805. The Morgan fingerprint density at radius 1 is 1.30 bits per heavy atom. The van der Waals surface area contributed by atoms with Crippen molar-refractivity contribution < 1.29 is 14.5 Å². The molecule has 3 heterocycles. The first kappa shape index (κ1) is 12.2. The van der Waals surface area contributed by atoms with Gasteiger partial charge in [-0.05, 0) is 11.6 Å². The van der Waals surface area contributed by atoms with Gasteiger partial charge in [0.2, 0.25) is 0 Å². The predicted octanol–water partition coefficient (Wildman–Crippen LogP) is 0.553. The summed E-state index contributed by atoms with van der Waals surface area (Å²) < 4.78 is 3.45. The van der Waals surface area contributed by atoms with Gasteiger partial charge in [-0.3, -0.25) is 4.79 Å². The average Bonchev–Trinajstić information content (AvgIpc) is 2.94. The van der Waals surface area contributed by atoms with Gasteiger partial charge in [-0.2, -0.15) is 9.61 Å². The molecule has 3 rings (SSSR count). The number of hydrogen-bond acceptors (Lipinski definition) is 4. The Balaban J connectivity index is 1.91. The quantitative estimate of drug-likeness (QED) is 0.700. The molecule has 0 spiro atoms. The van der Waals surface area contributed by atoms with Gasteiger partial charge in [0.25, 0.3) is 0 Å². The molecule has 0 saturated carbocycles. The molecule has 0 saturated heterocycles. The maximum absolute atomic E-state index is 10.5. The van der Waals surface area contributed by atoms with Crippen molar-refractivity contribution in [1.29, 1.82) is 0 Å². The van der Waals surface area contributed by atoms with E-state index in [-0.39, 0.29) is 6.42 Å². The van der Waals surface area contributed by atoms with Crippen LogP contribution in [0.15, 0.2) is 43.1 Å². The van der Waals surface area contributed by atoms with E-state index in [2.05, 4.69) is 15.3 Å². The van der Waals surface area contributed by atoms with E-state index in [1.807, 2.05) is 35.2 Å². The number of rotatable bonds is 4. The molecule has 3 aromatic heterocycles. The molecule has 0 radical (unpaired) electrons. The fourth-order valence-corrected chi connectivity index (χ4v) is 1.98. The second-order valence-corrected chi connectivity index (χ2v) is 4.31. The van der Waals surface area contributed by atoms with Crippen LogP contribution in [0.25, 0.3) is 16.8 Å².